The van der Waals surface area contributed by atoms with Crippen molar-refractivity contribution in [1.29, 1.82) is 0 Å². The molecular weight excluding hydrogens is 480 g/mol. The minimum absolute atomic E-state index is 0.0637. The van der Waals surface area contributed by atoms with Crippen molar-refractivity contribution in [2.24, 2.45) is 62.1 Å². The van der Waals surface area contributed by atoms with Gasteiger partial charge in [0.25, 0.3) is 0 Å². The lowest BCUT2D eigenvalue weighted by molar-refractivity contribution is -0.286. The van der Waals surface area contributed by atoms with Crippen LogP contribution in [-0.2, 0) is 4.79 Å². The van der Waals surface area contributed by atoms with E-state index < -0.39 is 17.0 Å². The number of hydrogen-bond acceptors (Lipinski definition) is 2. The molecule has 5 aliphatic rings. The largest absolute Gasteiger partial charge is 0.481 e. The minimum atomic E-state index is -0.646. The predicted molar refractivity (Wildman–Crippen MR) is 160 cm³/mol. The van der Waals surface area contributed by atoms with Crippen molar-refractivity contribution in [3.8, 4) is 0 Å². The maximum Gasteiger partial charge on any atom is 0.309 e. The number of rotatable bonds is 5. The molecule has 0 aromatic rings. The third-order valence-corrected chi connectivity index (χ3v) is 16.3. The first-order valence-electron chi connectivity index (χ1n) is 16.6. The molecule has 10 atom stereocenters. The number of hydrogen-bond donors (Lipinski definition) is 2. The molecule has 0 aromatic heterocycles. The smallest absolute Gasteiger partial charge is 0.309 e. The molecule has 5 aliphatic carbocycles. The molecule has 0 aliphatic heterocycles. The van der Waals surface area contributed by atoms with Gasteiger partial charge in [0.2, 0.25) is 0 Å². The van der Waals surface area contributed by atoms with Crippen LogP contribution in [0.1, 0.15) is 139 Å². The van der Waals surface area contributed by atoms with Crippen LogP contribution in [0.5, 0.6) is 0 Å². The zero-order valence-electron chi connectivity index (χ0n) is 26.9. The van der Waals surface area contributed by atoms with Gasteiger partial charge in [-0.15, -0.1) is 0 Å². The number of aliphatic carboxylic acids is 1. The lowest BCUT2D eigenvalue weighted by atomic mass is 9.31. The molecule has 2 N–H and O–H groups in total. The lowest BCUT2D eigenvalue weighted by Gasteiger charge is -2.74. The summed E-state index contributed by atoms with van der Waals surface area (Å²) >= 11 is 0. The summed E-state index contributed by atoms with van der Waals surface area (Å²) < 4.78 is 0. The topological polar surface area (TPSA) is 57.5 Å². The average Bonchev–Trinajstić information content (AvgIpc) is 3.28. The van der Waals surface area contributed by atoms with Gasteiger partial charge in [-0.25, -0.2) is 0 Å². The average molecular weight is 541 g/mol. The maximum atomic E-state index is 12.9. The summed E-state index contributed by atoms with van der Waals surface area (Å²) in [5.74, 6) is 1.65. The van der Waals surface area contributed by atoms with Gasteiger partial charge in [0, 0.05) is 0 Å². The van der Waals surface area contributed by atoms with Crippen molar-refractivity contribution < 1.29 is 15.0 Å². The highest BCUT2D eigenvalue weighted by Crippen LogP contribution is 2.78. The number of carbonyl (C=O) groups is 1. The first-order valence-corrected chi connectivity index (χ1v) is 16.6. The number of allylic oxidation sites excluding steroid dienone is 1. The van der Waals surface area contributed by atoms with Gasteiger partial charge in [-0.3, -0.25) is 4.79 Å². The van der Waals surface area contributed by atoms with Gasteiger partial charge >= 0.3 is 5.97 Å². The number of carboxylic acids is 1. The van der Waals surface area contributed by atoms with Crippen molar-refractivity contribution in [3.05, 3.63) is 12.2 Å². The zero-order valence-corrected chi connectivity index (χ0v) is 26.9. The SMILES string of the molecule is C=C(C)[C@@H]1CC[C@]2(C(=O)O)CC[C@]3(C)C(CCC4[C@@]5(C)CC[C@@](O)(C(C)(CC)CC)C(C)(C)C5CC[C@]43C)C12. The van der Waals surface area contributed by atoms with Gasteiger partial charge in [0.15, 0.2) is 0 Å². The van der Waals surface area contributed by atoms with E-state index in [0.29, 0.717) is 23.7 Å². The van der Waals surface area contributed by atoms with E-state index in [0.717, 1.165) is 57.8 Å². The summed E-state index contributed by atoms with van der Waals surface area (Å²) in [5.41, 5.74) is 0.387. The first-order chi connectivity index (χ1) is 18.0. The van der Waals surface area contributed by atoms with E-state index in [1.165, 1.54) is 24.8 Å². The van der Waals surface area contributed by atoms with E-state index in [1.807, 2.05) is 0 Å². The molecule has 3 heteroatoms. The molecule has 0 aromatic carbocycles. The van der Waals surface area contributed by atoms with E-state index in [9.17, 15) is 15.0 Å². The molecule has 5 saturated carbocycles. The van der Waals surface area contributed by atoms with Gasteiger partial charge in [-0.2, -0.15) is 0 Å². The highest BCUT2D eigenvalue weighted by Gasteiger charge is 2.74. The Labute approximate surface area is 240 Å². The van der Waals surface area contributed by atoms with Crippen LogP contribution in [0.25, 0.3) is 0 Å². The van der Waals surface area contributed by atoms with E-state index in [1.54, 1.807) is 0 Å². The number of carboxylic acid groups (broad SMARTS) is 1. The fourth-order valence-corrected chi connectivity index (χ4v) is 13.4. The van der Waals surface area contributed by atoms with Crippen molar-refractivity contribution in [2.45, 2.75) is 145 Å². The van der Waals surface area contributed by atoms with Crippen LogP contribution in [0.3, 0.4) is 0 Å². The molecule has 39 heavy (non-hydrogen) atoms. The maximum absolute atomic E-state index is 12.9. The van der Waals surface area contributed by atoms with Crippen LogP contribution >= 0.6 is 0 Å². The summed E-state index contributed by atoms with van der Waals surface area (Å²) in [6.45, 7) is 26.1. The molecule has 0 heterocycles. The Hall–Kier alpha value is -0.830. The molecule has 0 amide bonds. The van der Waals surface area contributed by atoms with E-state index in [2.05, 4.69) is 68.9 Å². The quantitative estimate of drug-likeness (QED) is 0.342. The van der Waals surface area contributed by atoms with Gasteiger partial charge in [0.1, 0.15) is 0 Å². The monoisotopic (exact) mass is 540 g/mol. The van der Waals surface area contributed by atoms with Gasteiger partial charge in [-0.1, -0.05) is 67.5 Å². The van der Waals surface area contributed by atoms with Crippen LogP contribution in [-0.4, -0.2) is 21.8 Å². The van der Waals surface area contributed by atoms with Crippen LogP contribution in [0.2, 0.25) is 0 Å². The Morgan fingerprint density at radius 2 is 1.49 bits per heavy atom. The summed E-state index contributed by atoms with van der Waals surface area (Å²) in [6.07, 6.45) is 12.5. The number of fused-ring (bicyclic) bond motifs is 7. The van der Waals surface area contributed by atoms with Crippen LogP contribution in [0, 0.1) is 62.1 Å². The minimum Gasteiger partial charge on any atom is -0.481 e. The molecule has 222 valence electrons. The summed E-state index contributed by atoms with van der Waals surface area (Å²) in [4.78, 5) is 12.9. The fraction of sp³-hybridized carbons (Fsp3) is 0.917. The second kappa shape index (κ2) is 8.84. The van der Waals surface area contributed by atoms with Crippen LogP contribution < -0.4 is 0 Å². The number of aliphatic hydroxyl groups is 1. The van der Waals surface area contributed by atoms with Crippen molar-refractivity contribution in [2.75, 3.05) is 0 Å². The van der Waals surface area contributed by atoms with Gasteiger partial charge < -0.3 is 10.2 Å². The van der Waals surface area contributed by atoms with E-state index in [-0.39, 0.29) is 33.0 Å². The molecule has 0 saturated heterocycles. The molecule has 3 nitrogen and oxygen atoms in total. The lowest BCUT2D eigenvalue weighted by Crippen LogP contribution is -2.70. The molecule has 4 unspecified atom stereocenters. The Bertz CT molecular complexity index is 1020. The van der Waals surface area contributed by atoms with Gasteiger partial charge in [-0.05, 0) is 141 Å². The molecule has 0 radical (unpaired) electrons. The molecular formula is C36H60O3. The summed E-state index contributed by atoms with van der Waals surface area (Å²) in [7, 11) is 0. The normalized spacial score (nSPS) is 50.8. The Balaban J connectivity index is 1.54. The molecule has 0 spiro atoms. The van der Waals surface area contributed by atoms with Crippen LogP contribution in [0.15, 0.2) is 12.2 Å². The third-order valence-electron chi connectivity index (χ3n) is 16.3. The standard InChI is InChI=1S/C36H60O3/c1-11-31(7,12-2)36(39)22-19-32(8)26(30(36,5)6)16-17-34(10)27(32)14-13-25-28-24(23(3)4)15-18-35(28,29(37)38)21-20-33(25,34)9/h24-28,39H,3,11-22H2,1-2,4-10H3,(H,37,38)/t24-,25?,26?,27?,28?,32-,33+,34+,35-,36-/m0/s1. The van der Waals surface area contributed by atoms with E-state index in [4.69, 9.17) is 0 Å². The summed E-state index contributed by atoms with van der Waals surface area (Å²) in [5, 5.41) is 23.2. The second-order valence-corrected chi connectivity index (χ2v) is 17.0. The molecule has 5 fully saturated rings. The van der Waals surface area contributed by atoms with E-state index >= 15 is 0 Å². The Kier molecular flexibility index (Phi) is 6.72. The van der Waals surface area contributed by atoms with Gasteiger partial charge in [0.05, 0.1) is 11.0 Å². The third kappa shape index (κ3) is 3.35. The van der Waals surface area contributed by atoms with Crippen molar-refractivity contribution in [3.63, 3.8) is 0 Å². The van der Waals surface area contributed by atoms with Crippen molar-refractivity contribution in [1.82, 2.24) is 0 Å². The second-order valence-electron chi connectivity index (χ2n) is 17.0. The fourth-order valence-electron chi connectivity index (χ4n) is 13.4. The Morgan fingerprint density at radius 1 is 0.846 bits per heavy atom. The molecule has 0 bridgehead atoms. The zero-order chi connectivity index (χ0) is 29.0. The molecule has 5 rings (SSSR count). The highest BCUT2D eigenvalue weighted by molar-refractivity contribution is 5.76. The highest BCUT2D eigenvalue weighted by atomic mass is 16.4. The summed E-state index contributed by atoms with van der Waals surface area (Å²) in [6, 6.07) is 0. The predicted octanol–water partition coefficient (Wildman–Crippen LogP) is 9.29. The first kappa shape index (κ1) is 29.7. The van der Waals surface area contributed by atoms with Crippen molar-refractivity contribution >= 4 is 5.97 Å². The Morgan fingerprint density at radius 3 is 2.05 bits per heavy atom. The van der Waals surface area contributed by atoms with Crippen LogP contribution in [0.4, 0.5) is 0 Å².